The molecule has 0 aromatic heterocycles. The van der Waals surface area contributed by atoms with E-state index in [4.69, 9.17) is 23.2 Å². The molecule has 0 bridgehead atoms. The summed E-state index contributed by atoms with van der Waals surface area (Å²) in [6, 6.07) is 14.1. The maximum absolute atomic E-state index is 13.4. The van der Waals surface area contributed by atoms with Crippen LogP contribution in [-0.2, 0) is 22.4 Å². The van der Waals surface area contributed by atoms with Crippen LogP contribution in [0.15, 0.2) is 42.5 Å². The van der Waals surface area contributed by atoms with Crippen LogP contribution in [0, 0.1) is 0 Å². The van der Waals surface area contributed by atoms with Crippen LogP contribution in [0.3, 0.4) is 0 Å². The summed E-state index contributed by atoms with van der Waals surface area (Å²) in [7, 11) is 0. The molecule has 7 heteroatoms. The van der Waals surface area contributed by atoms with Crippen LogP contribution in [0.25, 0.3) is 0 Å². The molecule has 2 aromatic carbocycles. The van der Waals surface area contributed by atoms with Gasteiger partial charge in [0.2, 0.25) is 5.91 Å². The van der Waals surface area contributed by atoms with Gasteiger partial charge in [-0.1, -0.05) is 41.4 Å². The fourth-order valence-electron chi connectivity index (χ4n) is 5.72. The van der Waals surface area contributed by atoms with Crippen molar-refractivity contribution in [2.75, 3.05) is 24.7 Å². The predicted molar refractivity (Wildman–Crippen MR) is 127 cm³/mol. The lowest BCUT2D eigenvalue weighted by Crippen LogP contribution is -2.58. The number of carbonyl (C=O) groups is 2. The Morgan fingerprint density at radius 2 is 1.66 bits per heavy atom. The van der Waals surface area contributed by atoms with E-state index in [2.05, 4.69) is 9.80 Å². The van der Waals surface area contributed by atoms with Gasteiger partial charge in [-0.05, 0) is 67.5 Å². The Kier molecular flexibility index (Phi) is 5.68. The number of para-hydroxylation sites is 1. The van der Waals surface area contributed by atoms with Crippen LogP contribution in [0.2, 0.25) is 10.0 Å². The number of hydrogen-bond donors (Lipinski definition) is 0. The molecule has 0 radical (unpaired) electrons. The summed E-state index contributed by atoms with van der Waals surface area (Å²) in [6.07, 6.45) is 4.26. The number of nitrogens with zero attached hydrogens (tertiary/aromatic N) is 3. The van der Waals surface area contributed by atoms with Crippen molar-refractivity contribution in [1.29, 1.82) is 0 Å². The Morgan fingerprint density at radius 3 is 2.31 bits per heavy atom. The minimum atomic E-state index is -0.656. The average Bonchev–Trinajstić information content (AvgIpc) is 3.09. The van der Waals surface area contributed by atoms with Crippen LogP contribution in [0.4, 0.5) is 5.69 Å². The fraction of sp³-hybridized carbons (Fsp3) is 0.440. The van der Waals surface area contributed by atoms with Crippen molar-refractivity contribution >= 4 is 40.7 Å². The van der Waals surface area contributed by atoms with Gasteiger partial charge in [-0.15, -0.1) is 0 Å². The van der Waals surface area contributed by atoms with Crippen molar-refractivity contribution in [3.05, 3.63) is 63.6 Å². The summed E-state index contributed by atoms with van der Waals surface area (Å²) in [4.78, 5) is 31.7. The number of likely N-dealkylation sites (tertiary alicyclic amines) is 1. The van der Waals surface area contributed by atoms with Crippen LogP contribution in [0.5, 0.6) is 0 Å². The third-order valence-electron chi connectivity index (χ3n) is 7.52. The number of fused-ring (bicyclic) bond motifs is 1. The molecule has 168 valence electrons. The van der Waals surface area contributed by atoms with Crippen molar-refractivity contribution in [3.8, 4) is 0 Å². The molecule has 2 amide bonds. The van der Waals surface area contributed by atoms with E-state index in [1.54, 1.807) is 0 Å². The molecule has 1 unspecified atom stereocenters. The minimum absolute atomic E-state index is 0.0580. The van der Waals surface area contributed by atoms with Crippen LogP contribution in [-0.4, -0.2) is 53.0 Å². The van der Waals surface area contributed by atoms with E-state index >= 15 is 0 Å². The molecule has 2 fully saturated rings. The number of benzene rings is 2. The van der Waals surface area contributed by atoms with Gasteiger partial charge in [0.15, 0.2) is 0 Å². The molecule has 1 aliphatic carbocycles. The highest BCUT2D eigenvalue weighted by atomic mass is 35.5. The molecule has 5 rings (SSSR count). The van der Waals surface area contributed by atoms with Crippen LogP contribution < -0.4 is 4.90 Å². The van der Waals surface area contributed by atoms with Gasteiger partial charge in [0.05, 0.1) is 0 Å². The Balaban J connectivity index is 1.37. The van der Waals surface area contributed by atoms with E-state index in [1.165, 1.54) is 23.0 Å². The van der Waals surface area contributed by atoms with E-state index in [-0.39, 0.29) is 11.8 Å². The third kappa shape index (κ3) is 3.51. The maximum atomic E-state index is 13.4. The average molecular weight is 472 g/mol. The lowest BCUT2D eigenvalue weighted by Gasteiger charge is -2.46. The first kappa shape index (κ1) is 21.7. The van der Waals surface area contributed by atoms with E-state index in [1.807, 2.05) is 42.5 Å². The minimum Gasteiger partial charge on any atom is -0.338 e. The second-order valence-corrected chi connectivity index (χ2v) is 9.92. The van der Waals surface area contributed by atoms with Crippen LogP contribution >= 0.6 is 23.2 Å². The summed E-state index contributed by atoms with van der Waals surface area (Å²) in [5.74, 6) is -0.247. The topological polar surface area (TPSA) is 43.9 Å². The van der Waals surface area contributed by atoms with Crippen molar-refractivity contribution in [2.24, 2.45) is 0 Å². The first-order chi connectivity index (χ1) is 15.4. The Morgan fingerprint density at radius 1 is 1.00 bits per heavy atom. The van der Waals surface area contributed by atoms with Gasteiger partial charge in [-0.3, -0.25) is 19.4 Å². The number of amides is 2. The first-order valence-corrected chi connectivity index (χ1v) is 12.0. The number of carbonyl (C=O) groups excluding carboxylic acids is 2. The van der Waals surface area contributed by atoms with Crippen LogP contribution in [0.1, 0.15) is 37.3 Å². The Labute approximate surface area is 198 Å². The SMILES string of the molecule is CC(=O)N1CN(c2ccccc2)C2(CCN(C3CCc4c(Cl)ccc(Cl)c4C3)CC2)C1=O. The van der Waals surface area contributed by atoms with E-state index < -0.39 is 5.54 Å². The van der Waals surface area contributed by atoms with Gasteiger partial charge < -0.3 is 4.90 Å². The molecule has 1 spiro atoms. The van der Waals surface area contributed by atoms with E-state index in [0.717, 1.165) is 48.1 Å². The fourth-order valence-corrected chi connectivity index (χ4v) is 6.24. The zero-order valence-electron chi connectivity index (χ0n) is 18.2. The zero-order valence-corrected chi connectivity index (χ0v) is 19.7. The zero-order chi connectivity index (χ0) is 22.5. The molecule has 0 saturated carbocycles. The molecular weight excluding hydrogens is 445 g/mol. The third-order valence-corrected chi connectivity index (χ3v) is 8.22. The smallest absolute Gasteiger partial charge is 0.256 e. The molecule has 0 N–H and O–H groups in total. The summed E-state index contributed by atoms with van der Waals surface area (Å²) < 4.78 is 0. The van der Waals surface area contributed by atoms with Gasteiger partial charge in [0, 0.05) is 41.8 Å². The summed E-state index contributed by atoms with van der Waals surface area (Å²) >= 11 is 12.9. The number of hydrogen-bond acceptors (Lipinski definition) is 4. The van der Waals surface area contributed by atoms with Gasteiger partial charge >= 0.3 is 0 Å². The normalized spacial score (nSPS) is 23.0. The maximum Gasteiger partial charge on any atom is 0.256 e. The molecule has 1 atom stereocenters. The highest BCUT2D eigenvalue weighted by molar-refractivity contribution is 6.34. The predicted octanol–water partition coefficient (Wildman–Crippen LogP) is 4.54. The van der Waals surface area contributed by atoms with Crippen molar-refractivity contribution in [3.63, 3.8) is 0 Å². The number of anilines is 1. The van der Waals surface area contributed by atoms with Crippen molar-refractivity contribution in [1.82, 2.24) is 9.80 Å². The van der Waals surface area contributed by atoms with Gasteiger partial charge in [-0.2, -0.15) is 0 Å². The molecule has 2 aliphatic heterocycles. The molecule has 2 aromatic rings. The van der Waals surface area contributed by atoms with E-state index in [9.17, 15) is 9.59 Å². The molecule has 2 saturated heterocycles. The van der Waals surface area contributed by atoms with Crippen molar-refractivity contribution < 1.29 is 9.59 Å². The number of rotatable bonds is 2. The summed E-state index contributed by atoms with van der Waals surface area (Å²) in [5, 5.41) is 1.60. The van der Waals surface area contributed by atoms with Crippen molar-refractivity contribution in [2.45, 2.75) is 50.6 Å². The largest absolute Gasteiger partial charge is 0.338 e. The molecule has 2 heterocycles. The molecule has 32 heavy (non-hydrogen) atoms. The number of imide groups is 1. The second-order valence-electron chi connectivity index (χ2n) is 9.11. The number of piperidine rings is 1. The summed E-state index contributed by atoms with van der Waals surface area (Å²) in [5.41, 5.74) is 2.69. The van der Waals surface area contributed by atoms with Gasteiger partial charge in [0.25, 0.3) is 5.91 Å². The standard InChI is InChI=1S/C25H27Cl2N3O2/c1-17(31)29-16-30(18-5-3-2-4-6-18)25(24(29)32)11-13-28(14-12-25)19-7-8-20-21(15-19)23(27)10-9-22(20)26/h2-6,9-10,19H,7-8,11-16H2,1H3. The lowest BCUT2D eigenvalue weighted by molar-refractivity contribution is -0.143. The first-order valence-electron chi connectivity index (χ1n) is 11.3. The summed E-state index contributed by atoms with van der Waals surface area (Å²) in [6.45, 7) is 3.44. The van der Waals surface area contributed by atoms with E-state index in [0.29, 0.717) is 25.6 Å². The molecule has 3 aliphatic rings. The molecule has 5 nitrogen and oxygen atoms in total. The quantitative estimate of drug-likeness (QED) is 0.644. The van der Waals surface area contributed by atoms with Gasteiger partial charge in [-0.25, -0.2) is 0 Å². The number of halogens is 2. The lowest BCUT2D eigenvalue weighted by atomic mass is 9.82. The molecular formula is C25H27Cl2N3O2. The Hall–Kier alpha value is -2.08. The monoisotopic (exact) mass is 471 g/mol. The highest BCUT2D eigenvalue weighted by Crippen LogP contribution is 2.41. The second kappa shape index (κ2) is 8.36. The van der Waals surface area contributed by atoms with Gasteiger partial charge in [0.1, 0.15) is 12.2 Å². The Bertz CT molecular complexity index is 1050. The highest BCUT2D eigenvalue weighted by Gasteiger charge is 2.55.